The molecule has 4 N–H and O–H groups in total. The first kappa shape index (κ1) is 20.4. The lowest BCUT2D eigenvalue weighted by Crippen LogP contribution is -2.45. The maximum Gasteiger partial charge on any atom is 0.414 e. The molecule has 1 aromatic rings. The van der Waals surface area contributed by atoms with Crippen LogP contribution in [-0.4, -0.2) is 39.8 Å². The zero-order chi connectivity index (χ0) is 19.5. The number of nitrogens with one attached hydrogen (secondary N) is 1. The normalized spacial score (nSPS) is 29.5. The van der Waals surface area contributed by atoms with Gasteiger partial charge in [0.1, 0.15) is 0 Å². The number of hydrogen-bond acceptors (Lipinski definition) is 4. The Morgan fingerprint density at radius 2 is 1.73 bits per heavy atom. The molecule has 2 bridgehead atoms. The lowest BCUT2D eigenvalue weighted by atomic mass is 9.69. The summed E-state index contributed by atoms with van der Waals surface area (Å²) in [6, 6.07) is 10.5. The van der Waals surface area contributed by atoms with Crippen molar-refractivity contribution in [3.8, 4) is 0 Å². The van der Waals surface area contributed by atoms with Gasteiger partial charge in [-0.1, -0.05) is 51.1 Å². The fourth-order valence-corrected chi connectivity index (χ4v) is 4.56. The van der Waals surface area contributed by atoms with Crippen molar-refractivity contribution in [2.75, 3.05) is 6.54 Å². The third-order valence-corrected chi connectivity index (χ3v) is 6.72. The number of fused-ring (bicyclic) bond motifs is 2. The summed E-state index contributed by atoms with van der Waals surface area (Å²) in [5.41, 5.74) is 1.82. The quantitative estimate of drug-likeness (QED) is 0.613. The molecule has 144 valence electrons. The second kappa shape index (κ2) is 7.76. The van der Waals surface area contributed by atoms with Crippen LogP contribution in [0.15, 0.2) is 30.3 Å². The average Bonchev–Trinajstić information content (AvgIpc) is 2.94. The smallest absolute Gasteiger partial charge is 0.414 e. The highest BCUT2D eigenvalue weighted by Gasteiger charge is 2.60. The van der Waals surface area contributed by atoms with E-state index in [-0.39, 0.29) is 0 Å². The van der Waals surface area contributed by atoms with Crippen LogP contribution >= 0.6 is 0 Å². The van der Waals surface area contributed by atoms with Gasteiger partial charge in [0.2, 0.25) is 0 Å². The molecular formula is C20H29NO5. The zero-order valence-electron chi connectivity index (χ0n) is 15.6. The van der Waals surface area contributed by atoms with Crippen LogP contribution in [0, 0.1) is 16.7 Å². The molecule has 2 saturated carbocycles. The molecule has 0 spiro atoms. The van der Waals surface area contributed by atoms with Crippen LogP contribution in [-0.2, 0) is 9.59 Å². The van der Waals surface area contributed by atoms with Crippen molar-refractivity contribution in [3.05, 3.63) is 35.9 Å². The number of hydrogen-bond donors (Lipinski definition) is 4. The molecule has 2 aliphatic rings. The Kier molecular flexibility index (Phi) is 6.09. The lowest BCUT2D eigenvalue weighted by molar-refractivity contribution is -0.159. The molecule has 0 saturated heterocycles. The Morgan fingerprint density at radius 3 is 2.15 bits per heavy atom. The second-order valence-electron chi connectivity index (χ2n) is 8.11. The van der Waals surface area contributed by atoms with E-state index in [1.807, 2.05) is 30.3 Å². The first-order valence-corrected chi connectivity index (χ1v) is 9.02. The first-order valence-electron chi connectivity index (χ1n) is 9.02. The number of aliphatic carboxylic acids is 2. The highest BCUT2D eigenvalue weighted by atomic mass is 16.4. The number of carbonyl (C=O) groups is 2. The van der Waals surface area contributed by atoms with Gasteiger partial charge >= 0.3 is 11.9 Å². The van der Waals surface area contributed by atoms with Gasteiger partial charge in [0.05, 0.1) is 6.10 Å². The van der Waals surface area contributed by atoms with Gasteiger partial charge in [0, 0.05) is 12.6 Å². The van der Waals surface area contributed by atoms with E-state index in [1.54, 1.807) is 0 Å². The molecule has 0 aromatic heterocycles. The largest absolute Gasteiger partial charge is 0.473 e. The van der Waals surface area contributed by atoms with E-state index in [9.17, 15) is 5.11 Å². The van der Waals surface area contributed by atoms with E-state index >= 15 is 0 Å². The van der Waals surface area contributed by atoms with Crippen molar-refractivity contribution >= 4 is 11.9 Å². The SMILES string of the molecule is CC1(C)C2CCC1(C)C(NCC(O)c1ccccc1)C2.O=C(O)C(=O)O. The molecule has 0 heterocycles. The molecule has 0 aliphatic heterocycles. The molecule has 1 aromatic carbocycles. The zero-order valence-corrected chi connectivity index (χ0v) is 15.6. The van der Waals surface area contributed by atoms with Crippen molar-refractivity contribution in [1.82, 2.24) is 5.32 Å². The Hall–Kier alpha value is -1.92. The van der Waals surface area contributed by atoms with Gasteiger partial charge in [-0.2, -0.15) is 0 Å². The third kappa shape index (κ3) is 3.91. The molecule has 6 nitrogen and oxygen atoms in total. The van der Waals surface area contributed by atoms with E-state index in [4.69, 9.17) is 19.8 Å². The van der Waals surface area contributed by atoms with Gasteiger partial charge in [0.15, 0.2) is 0 Å². The number of rotatable bonds is 4. The maximum absolute atomic E-state index is 10.3. The van der Waals surface area contributed by atoms with E-state index in [1.165, 1.54) is 19.3 Å². The molecule has 4 unspecified atom stereocenters. The minimum absolute atomic E-state index is 0.383. The Morgan fingerprint density at radius 1 is 1.15 bits per heavy atom. The molecule has 2 aliphatic carbocycles. The molecule has 0 amide bonds. The van der Waals surface area contributed by atoms with Crippen LogP contribution in [0.5, 0.6) is 0 Å². The van der Waals surface area contributed by atoms with Crippen LogP contribution in [0.4, 0.5) is 0 Å². The summed E-state index contributed by atoms with van der Waals surface area (Å²) in [6.07, 6.45) is 3.57. The predicted molar refractivity (Wildman–Crippen MR) is 97.7 cm³/mol. The Balaban J connectivity index is 0.000000352. The topological polar surface area (TPSA) is 107 Å². The minimum atomic E-state index is -1.82. The number of carboxylic acids is 2. The summed E-state index contributed by atoms with van der Waals surface area (Å²) in [7, 11) is 0. The van der Waals surface area contributed by atoms with Crippen LogP contribution < -0.4 is 5.32 Å². The summed E-state index contributed by atoms with van der Waals surface area (Å²) in [5.74, 6) is -2.80. The maximum atomic E-state index is 10.3. The Bertz CT molecular complexity index is 633. The summed E-state index contributed by atoms with van der Waals surface area (Å²) < 4.78 is 0. The fraction of sp³-hybridized carbons (Fsp3) is 0.600. The summed E-state index contributed by atoms with van der Waals surface area (Å²) in [5, 5.41) is 28.7. The average molecular weight is 363 g/mol. The van der Waals surface area contributed by atoms with Gasteiger partial charge in [-0.3, -0.25) is 0 Å². The first-order chi connectivity index (χ1) is 12.1. The van der Waals surface area contributed by atoms with E-state index in [0.29, 0.717) is 23.4 Å². The van der Waals surface area contributed by atoms with Gasteiger partial charge in [-0.05, 0) is 41.6 Å². The molecule has 26 heavy (non-hydrogen) atoms. The van der Waals surface area contributed by atoms with Crippen LogP contribution in [0.25, 0.3) is 0 Å². The van der Waals surface area contributed by atoms with Crippen molar-refractivity contribution in [1.29, 1.82) is 0 Å². The molecule has 2 fully saturated rings. The third-order valence-electron chi connectivity index (χ3n) is 6.72. The summed E-state index contributed by atoms with van der Waals surface area (Å²) in [4.78, 5) is 18.2. The predicted octanol–water partition coefficient (Wildman–Crippen LogP) is 2.68. The monoisotopic (exact) mass is 363 g/mol. The molecule has 3 rings (SSSR count). The number of benzene rings is 1. The summed E-state index contributed by atoms with van der Waals surface area (Å²) in [6.45, 7) is 7.96. The van der Waals surface area contributed by atoms with Gasteiger partial charge in [-0.25, -0.2) is 9.59 Å². The van der Waals surface area contributed by atoms with E-state index in [2.05, 4.69) is 26.1 Å². The van der Waals surface area contributed by atoms with E-state index in [0.717, 1.165) is 11.5 Å². The molecule has 6 heteroatoms. The van der Waals surface area contributed by atoms with Crippen LogP contribution in [0.3, 0.4) is 0 Å². The van der Waals surface area contributed by atoms with Gasteiger partial charge in [0.25, 0.3) is 0 Å². The van der Waals surface area contributed by atoms with Gasteiger partial charge < -0.3 is 20.6 Å². The number of aliphatic hydroxyl groups excluding tert-OH is 1. The lowest BCUT2D eigenvalue weighted by Gasteiger charge is -2.40. The molecule has 4 atom stereocenters. The van der Waals surface area contributed by atoms with Gasteiger partial charge in [-0.15, -0.1) is 0 Å². The van der Waals surface area contributed by atoms with Crippen molar-refractivity contribution < 1.29 is 24.9 Å². The standard InChI is InChI=1S/C18H27NO.C2H2O4/c1-17(2)14-9-10-18(17,3)16(11-14)19-12-15(20)13-7-5-4-6-8-13;3-1(4)2(5)6/h4-8,14-16,19-20H,9-12H2,1-3H3;(H,3,4)(H,5,6). The van der Waals surface area contributed by atoms with Crippen molar-refractivity contribution in [2.24, 2.45) is 16.7 Å². The van der Waals surface area contributed by atoms with Crippen LogP contribution in [0.2, 0.25) is 0 Å². The molecular weight excluding hydrogens is 334 g/mol. The number of carboxylic acid groups (broad SMARTS) is 2. The molecule has 0 radical (unpaired) electrons. The van der Waals surface area contributed by atoms with Crippen molar-refractivity contribution in [3.63, 3.8) is 0 Å². The minimum Gasteiger partial charge on any atom is -0.473 e. The number of aliphatic hydroxyl groups is 1. The van der Waals surface area contributed by atoms with Crippen LogP contribution in [0.1, 0.15) is 51.7 Å². The van der Waals surface area contributed by atoms with E-state index < -0.39 is 18.0 Å². The highest BCUT2D eigenvalue weighted by Crippen LogP contribution is 2.65. The second-order valence-corrected chi connectivity index (χ2v) is 8.11. The van der Waals surface area contributed by atoms with Crippen molar-refractivity contribution in [2.45, 2.75) is 52.2 Å². The fourth-order valence-electron chi connectivity index (χ4n) is 4.56. The highest BCUT2D eigenvalue weighted by molar-refractivity contribution is 6.27. The summed E-state index contributed by atoms with van der Waals surface area (Å²) >= 11 is 0. The Labute approximate surface area is 154 Å².